The minimum atomic E-state index is -0.512. The average Bonchev–Trinajstić information content (AvgIpc) is 2.93. The van der Waals surface area contributed by atoms with Gasteiger partial charge >= 0.3 is 5.97 Å². The molecule has 4 aromatic rings. The summed E-state index contributed by atoms with van der Waals surface area (Å²) < 4.78 is 19.0. The Hall–Kier alpha value is -4.13. The van der Waals surface area contributed by atoms with Crippen molar-refractivity contribution in [2.45, 2.75) is 58.5 Å². The van der Waals surface area contributed by atoms with Gasteiger partial charge in [0.1, 0.15) is 11.4 Å². The first kappa shape index (κ1) is 28.9. The van der Waals surface area contributed by atoms with Crippen LogP contribution in [0.3, 0.4) is 0 Å². The van der Waals surface area contributed by atoms with E-state index < -0.39 is 5.60 Å². The molecule has 3 aromatic carbocycles. The number of nitrogens with zero attached hydrogens (tertiary/aromatic N) is 3. The van der Waals surface area contributed by atoms with Gasteiger partial charge < -0.3 is 9.64 Å². The fourth-order valence-corrected chi connectivity index (χ4v) is 4.45. The number of carbonyl (C=O) groups excluding carboxylic acids is 2. The lowest BCUT2D eigenvalue weighted by Gasteiger charge is -2.19. The van der Waals surface area contributed by atoms with Crippen LogP contribution in [0.4, 0.5) is 4.39 Å². The third-order valence-corrected chi connectivity index (χ3v) is 6.49. The number of esters is 1. The van der Waals surface area contributed by atoms with Gasteiger partial charge in [0.15, 0.2) is 0 Å². The Morgan fingerprint density at radius 3 is 2.30 bits per heavy atom. The highest BCUT2D eigenvalue weighted by Gasteiger charge is 2.18. The largest absolute Gasteiger partial charge is 0.460 e. The number of benzene rings is 3. The molecule has 0 atom stereocenters. The summed E-state index contributed by atoms with van der Waals surface area (Å²) in [5, 5.41) is 0. The van der Waals surface area contributed by atoms with Crippen LogP contribution in [0.5, 0.6) is 0 Å². The van der Waals surface area contributed by atoms with E-state index in [0.717, 1.165) is 17.7 Å². The zero-order valence-electron chi connectivity index (χ0n) is 23.6. The lowest BCUT2D eigenvalue weighted by atomic mass is 10.0. The summed E-state index contributed by atoms with van der Waals surface area (Å²) >= 11 is 0. The summed E-state index contributed by atoms with van der Waals surface area (Å²) in [5.41, 5.74) is 4.66. The lowest BCUT2D eigenvalue weighted by Crippen LogP contribution is -2.28. The van der Waals surface area contributed by atoms with Crippen LogP contribution < -0.4 is 0 Å². The van der Waals surface area contributed by atoms with Gasteiger partial charge in [-0.25, -0.2) is 14.4 Å². The predicted molar refractivity (Wildman–Crippen MR) is 155 cm³/mol. The van der Waals surface area contributed by atoms with Crippen LogP contribution in [0.25, 0.3) is 22.3 Å². The molecule has 1 heterocycles. The highest BCUT2D eigenvalue weighted by molar-refractivity contribution is 5.97. The van der Waals surface area contributed by atoms with Crippen molar-refractivity contribution >= 4 is 22.9 Å². The van der Waals surface area contributed by atoms with Crippen molar-refractivity contribution in [2.75, 3.05) is 13.6 Å². The van der Waals surface area contributed by atoms with Crippen molar-refractivity contribution in [3.8, 4) is 11.3 Å². The lowest BCUT2D eigenvalue weighted by molar-refractivity contribution is -0.154. The smallest absolute Gasteiger partial charge is 0.306 e. The number of aromatic nitrogens is 2. The van der Waals surface area contributed by atoms with Crippen molar-refractivity contribution in [3.05, 3.63) is 95.4 Å². The molecule has 0 N–H and O–H groups in total. The SMILES string of the molecule is CN(CCc1ccccc1)C(=O)c1ccc2nc(-c3ccc(F)cc3)c(CCCCC(=O)OC(C)(C)C)nc2c1. The van der Waals surface area contributed by atoms with Gasteiger partial charge in [0.2, 0.25) is 0 Å². The molecule has 0 radical (unpaired) electrons. The van der Waals surface area contributed by atoms with E-state index in [9.17, 15) is 14.0 Å². The van der Waals surface area contributed by atoms with E-state index in [0.29, 0.717) is 54.5 Å². The number of hydrogen-bond donors (Lipinski definition) is 0. The van der Waals surface area contributed by atoms with Gasteiger partial charge in [-0.2, -0.15) is 0 Å². The summed E-state index contributed by atoms with van der Waals surface area (Å²) in [6, 6.07) is 21.6. The normalized spacial score (nSPS) is 11.4. The summed E-state index contributed by atoms with van der Waals surface area (Å²) in [6.45, 7) is 6.15. The Morgan fingerprint density at radius 2 is 1.60 bits per heavy atom. The number of amides is 1. The second-order valence-corrected chi connectivity index (χ2v) is 11.0. The standard InChI is InChI=1S/C33H36FN3O3/c1-33(2,3)40-30(38)13-9-8-12-28-31(24-14-17-26(34)18-15-24)36-27-19-16-25(22-29(27)35-28)32(39)37(4)21-20-23-10-6-5-7-11-23/h5-7,10-11,14-19,22H,8-9,12-13,20-21H2,1-4H3. The Morgan fingerprint density at radius 1 is 0.875 bits per heavy atom. The first-order valence-corrected chi connectivity index (χ1v) is 13.7. The van der Waals surface area contributed by atoms with Crippen LogP contribution in [-0.2, 0) is 22.4 Å². The fourth-order valence-electron chi connectivity index (χ4n) is 4.45. The molecule has 0 aliphatic rings. The Bertz CT molecular complexity index is 1460. The third kappa shape index (κ3) is 7.94. The minimum Gasteiger partial charge on any atom is -0.460 e. The molecule has 0 aliphatic carbocycles. The van der Waals surface area contributed by atoms with E-state index in [1.54, 1.807) is 42.3 Å². The van der Waals surface area contributed by atoms with E-state index in [2.05, 4.69) is 12.1 Å². The molecule has 0 bridgehead atoms. The number of aryl methyl sites for hydroxylation is 1. The maximum Gasteiger partial charge on any atom is 0.306 e. The zero-order chi connectivity index (χ0) is 28.7. The van der Waals surface area contributed by atoms with Crippen molar-refractivity contribution in [1.29, 1.82) is 0 Å². The maximum absolute atomic E-state index is 13.6. The number of fused-ring (bicyclic) bond motifs is 1. The van der Waals surface area contributed by atoms with E-state index in [-0.39, 0.29) is 17.7 Å². The van der Waals surface area contributed by atoms with E-state index in [1.165, 1.54) is 17.7 Å². The van der Waals surface area contributed by atoms with Gasteiger partial charge in [0.25, 0.3) is 5.91 Å². The van der Waals surface area contributed by atoms with E-state index in [4.69, 9.17) is 14.7 Å². The van der Waals surface area contributed by atoms with E-state index >= 15 is 0 Å². The van der Waals surface area contributed by atoms with Gasteiger partial charge in [0.05, 0.1) is 22.4 Å². The maximum atomic E-state index is 13.6. The molecule has 0 saturated heterocycles. The van der Waals surface area contributed by atoms with Crippen LogP contribution in [0.2, 0.25) is 0 Å². The molecular weight excluding hydrogens is 505 g/mol. The molecule has 7 heteroatoms. The molecule has 0 unspecified atom stereocenters. The molecule has 1 amide bonds. The Labute approximate surface area is 235 Å². The number of rotatable bonds is 10. The highest BCUT2D eigenvalue weighted by atomic mass is 19.1. The third-order valence-electron chi connectivity index (χ3n) is 6.49. The number of likely N-dealkylation sites (N-methyl/N-ethyl adjacent to an activating group) is 1. The van der Waals surface area contributed by atoms with Crippen LogP contribution in [0, 0.1) is 5.82 Å². The molecule has 6 nitrogen and oxygen atoms in total. The molecule has 40 heavy (non-hydrogen) atoms. The molecule has 208 valence electrons. The molecule has 0 fully saturated rings. The number of carbonyl (C=O) groups is 2. The number of ether oxygens (including phenoxy) is 1. The molecule has 4 rings (SSSR count). The van der Waals surface area contributed by atoms with Gasteiger partial charge in [-0.15, -0.1) is 0 Å². The van der Waals surface area contributed by atoms with Crippen LogP contribution in [-0.4, -0.2) is 45.9 Å². The summed E-state index contributed by atoms with van der Waals surface area (Å²) in [4.78, 5) is 36.8. The van der Waals surface area contributed by atoms with Crippen molar-refractivity contribution in [3.63, 3.8) is 0 Å². The monoisotopic (exact) mass is 541 g/mol. The summed E-state index contributed by atoms with van der Waals surface area (Å²) in [5.74, 6) is -0.632. The first-order chi connectivity index (χ1) is 19.1. The number of unbranched alkanes of at least 4 members (excludes halogenated alkanes) is 1. The number of halogens is 1. The first-order valence-electron chi connectivity index (χ1n) is 13.7. The Balaban J connectivity index is 1.54. The zero-order valence-corrected chi connectivity index (χ0v) is 23.6. The van der Waals surface area contributed by atoms with Crippen LogP contribution >= 0.6 is 0 Å². The fraction of sp³-hybridized carbons (Fsp3) is 0.333. The highest BCUT2D eigenvalue weighted by Crippen LogP contribution is 2.26. The van der Waals surface area contributed by atoms with Crippen molar-refractivity contribution in [2.24, 2.45) is 0 Å². The molecule has 0 spiro atoms. The Kier molecular flexibility index (Phi) is 9.25. The van der Waals surface area contributed by atoms with Gasteiger partial charge in [-0.05, 0) is 94.5 Å². The van der Waals surface area contributed by atoms with Crippen LogP contribution in [0.1, 0.15) is 61.6 Å². The summed E-state index contributed by atoms with van der Waals surface area (Å²) in [7, 11) is 1.80. The number of hydrogen-bond acceptors (Lipinski definition) is 5. The second-order valence-electron chi connectivity index (χ2n) is 11.0. The molecular formula is C33H36FN3O3. The van der Waals surface area contributed by atoms with Gasteiger partial charge in [-0.1, -0.05) is 30.3 Å². The molecule has 0 saturated carbocycles. The average molecular weight is 542 g/mol. The minimum absolute atomic E-state index is 0.0823. The van der Waals surface area contributed by atoms with E-state index in [1.807, 2.05) is 39.0 Å². The summed E-state index contributed by atoms with van der Waals surface area (Å²) in [6.07, 6.45) is 3.01. The van der Waals surface area contributed by atoms with Crippen molar-refractivity contribution < 1.29 is 18.7 Å². The van der Waals surface area contributed by atoms with Gasteiger partial charge in [0, 0.05) is 31.1 Å². The molecule has 0 aliphatic heterocycles. The predicted octanol–water partition coefficient (Wildman–Crippen LogP) is 6.81. The second kappa shape index (κ2) is 12.8. The van der Waals surface area contributed by atoms with Crippen LogP contribution in [0.15, 0.2) is 72.8 Å². The van der Waals surface area contributed by atoms with Crippen molar-refractivity contribution in [1.82, 2.24) is 14.9 Å². The van der Waals surface area contributed by atoms with Gasteiger partial charge in [-0.3, -0.25) is 9.59 Å². The topological polar surface area (TPSA) is 72.4 Å². The molecule has 1 aromatic heterocycles. The quantitative estimate of drug-likeness (QED) is 0.163.